The van der Waals surface area contributed by atoms with Crippen molar-refractivity contribution in [3.05, 3.63) is 16.1 Å². The van der Waals surface area contributed by atoms with Gasteiger partial charge in [-0.05, 0) is 12.8 Å². The zero-order chi connectivity index (χ0) is 19.2. The van der Waals surface area contributed by atoms with E-state index < -0.39 is 11.9 Å². The molecule has 0 radical (unpaired) electrons. The van der Waals surface area contributed by atoms with Gasteiger partial charge < -0.3 is 10.2 Å². The van der Waals surface area contributed by atoms with Crippen molar-refractivity contribution in [1.82, 2.24) is 20.1 Å². The van der Waals surface area contributed by atoms with Gasteiger partial charge in [0.25, 0.3) is 0 Å². The number of hydrogen-bond acceptors (Lipinski definition) is 4. The number of rotatable bonds is 6. The summed E-state index contributed by atoms with van der Waals surface area (Å²) in [6.45, 7) is 12.6. The molecule has 0 atom stereocenters. The summed E-state index contributed by atoms with van der Waals surface area (Å²) in [5.41, 5.74) is -0.810. The molecule has 1 aromatic heterocycles. The fourth-order valence-electron chi connectivity index (χ4n) is 2.90. The molecule has 1 N–H and O–H groups in total. The monoisotopic (exact) mass is 519 g/mol. The number of thiazole rings is 1. The number of nitrogens with one attached hydrogen (secondary N) is 1. The average Bonchev–Trinajstić information content (AvgIpc) is 3.03. The van der Waals surface area contributed by atoms with Crippen molar-refractivity contribution >= 4 is 41.3 Å². The summed E-state index contributed by atoms with van der Waals surface area (Å²) in [5, 5.41) is 4.82. The number of guanidine groups is 1. The van der Waals surface area contributed by atoms with Gasteiger partial charge in [-0.25, -0.2) is 4.98 Å². The second-order valence-corrected chi connectivity index (χ2v) is 7.73. The standard InChI is InChI=1S/C17H28F3N5S.HI/c1-4-21-16(25-9-7-24(8-10-25)11-13(2)3)22-6-5-15-23-14(12-26-15)17(18,19)20;/h12-13H,4-11H2,1-3H3,(H,21,22);1H. The highest BCUT2D eigenvalue weighted by Crippen LogP contribution is 2.30. The van der Waals surface area contributed by atoms with Gasteiger partial charge in [0.1, 0.15) is 0 Å². The van der Waals surface area contributed by atoms with E-state index in [2.05, 4.69) is 38.9 Å². The van der Waals surface area contributed by atoms with Gasteiger partial charge in [0.2, 0.25) is 0 Å². The third kappa shape index (κ3) is 8.10. The first-order valence-corrected chi connectivity index (χ1v) is 9.94. The number of alkyl halides is 3. The molecule has 0 spiro atoms. The zero-order valence-electron chi connectivity index (χ0n) is 16.1. The Morgan fingerprint density at radius 1 is 1.30 bits per heavy atom. The molecule has 1 aromatic rings. The van der Waals surface area contributed by atoms with Gasteiger partial charge in [0.15, 0.2) is 11.7 Å². The van der Waals surface area contributed by atoms with E-state index in [1.165, 1.54) is 0 Å². The van der Waals surface area contributed by atoms with Gasteiger partial charge in [-0.1, -0.05) is 13.8 Å². The van der Waals surface area contributed by atoms with Crippen LogP contribution in [0.2, 0.25) is 0 Å². The van der Waals surface area contributed by atoms with E-state index in [1.807, 2.05) is 6.92 Å². The number of nitrogens with zero attached hydrogens (tertiary/aromatic N) is 4. The number of piperazine rings is 1. The number of aromatic nitrogens is 1. The maximum atomic E-state index is 12.6. The molecule has 27 heavy (non-hydrogen) atoms. The van der Waals surface area contributed by atoms with Crippen LogP contribution in [0.15, 0.2) is 10.4 Å². The molecule has 2 rings (SSSR count). The second kappa shape index (κ2) is 11.4. The van der Waals surface area contributed by atoms with E-state index in [-0.39, 0.29) is 24.0 Å². The summed E-state index contributed by atoms with van der Waals surface area (Å²) in [6.07, 6.45) is -3.95. The first-order chi connectivity index (χ1) is 12.3. The second-order valence-electron chi connectivity index (χ2n) is 6.79. The Morgan fingerprint density at radius 2 is 1.96 bits per heavy atom. The Balaban J connectivity index is 0.00000364. The first kappa shape index (κ1) is 24.4. The molecule has 0 saturated carbocycles. The SMILES string of the molecule is CCNC(=NCCc1nc(C(F)(F)F)cs1)N1CCN(CC(C)C)CC1.I. The Morgan fingerprint density at radius 3 is 2.48 bits per heavy atom. The van der Waals surface area contributed by atoms with Crippen LogP contribution in [-0.2, 0) is 12.6 Å². The lowest BCUT2D eigenvalue weighted by Gasteiger charge is -2.37. The quantitative estimate of drug-likeness (QED) is 0.355. The molecule has 0 bridgehead atoms. The van der Waals surface area contributed by atoms with E-state index >= 15 is 0 Å². The summed E-state index contributed by atoms with van der Waals surface area (Å²) in [7, 11) is 0. The minimum atomic E-state index is -4.37. The molecule has 1 aliphatic rings. The Labute approximate surface area is 180 Å². The van der Waals surface area contributed by atoms with Crippen LogP contribution in [0.3, 0.4) is 0 Å². The van der Waals surface area contributed by atoms with Crippen molar-refractivity contribution in [3.8, 4) is 0 Å². The van der Waals surface area contributed by atoms with Gasteiger partial charge >= 0.3 is 6.18 Å². The number of halogens is 4. The maximum Gasteiger partial charge on any atom is 0.434 e. The van der Waals surface area contributed by atoms with E-state index in [4.69, 9.17) is 0 Å². The Bertz CT molecular complexity index is 583. The lowest BCUT2D eigenvalue weighted by atomic mass is 10.2. The molecule has 0 unspecified atom stereocenters. The highest BCUT2D eigenvalue weighted by atomic mass is 127. The van der Waals surface area contributed by atoms with Gasteiger partial charge in [0, 0.05) is 57.6 Å². The van der Waals surface area contributed by atoms with E-state index in [1.54, 1.807) is 0 Å². The number of hydrogen-bond donors (Lipinski definition) is 1. The lowest BCUT2D eigenvalue weighted by Crippen LogP contribution is -2.53. The first-order valence-electron chi connectivity index (χ1n) is 9.06. The average molecular weight is 519 g/mol. The highest BCUT2D eigenvalue weighted by Gasteiger charge is 2.33. The van der Waals surface area contributed by atoms with Gasteiger partial charge in [0.05, 0.1) is 5.01 Å². The van der Waals surface area contributed by atoms with Gasteiger partial charge in [-0.2, -0.15) is 13.2 Å². The van der Waals surface area contributed by atoms with Crippen LogP contribution in [0.4, 0.5) is 13.2 Å². The summed E-state index contributed by atoms with van der Waals surface area (Å²) >= 11 is 1.04. The molecule has 1 saturated heterocycles. The highest BCUT2D eigenvalue weighted by molar-refractivity contribution is 14.0. The van der Waals surface area contributed by atoms with Crippen LogP contribution in [0, 0.1) is 5.92 Å². The van der Waals surface area contributed by atoms with E-state index in [0.717, 1.165) is 61.9 Å². The van der Waals surface area contributed by atoms with Crippen LogP contribution in [0.5, 0.6) is 0 Å². The summed E-state index contributed by atoms with van der Waals surface area (Å²) in [5.74, 6) is 1.49. The van der Waals surface area contributed by atoms with Gasteiger partial charge in [-0.15, -0.1) is 35.3 Å². The molecule has 2 heterocycles. The molecule has 10 heteroatoms. The molecular weight excluding hydrogens is 490 g/mol. The van der Waals surface area contributed by atoms with Crippen molar-refractivity contribution in [1.29, 1.82) is 0 Å². The molecular formula is C17H29F3IN5S. The number of aliphatic imine (C=N–C) groups is 1. The molecule has 0 aliphatic carbocycles. The normalized spacial score (nSPS) is 16.6. The molecule has 1 fully saturated rings. The fraction of sp³-hybridized carbons (Fsp3) is 0.765. The van der Waals surface area contributed by atoms with Crippen molar-refractivity contribution in [2.24, 2.45) is 10.9 Å². The van der Waals surface area contributed by atoms with Crippen molar-refractivity contribution < 1.29 is 13.2 Å². The Kier molecular flexibility index (Phi) is 10.3. The molecule has 5 nitrogen and oxygen atoms in total. The van der Waals surface area contributed by atoms with E-state index in [0.29, 0.717) is 23.9 Å². The summed E-state index contributed by atoms with van der Waals surface area (Å²) in [4.78, 5) is 12.9. The lowest BCUT2D eigenvalue weighted by molar-refractivity contribution is -0.140. The van der Waals surface area contributed by atoms with Crippen LogP contribution in [-0.4, -0.2) is 66.6 Å². The Hall–Kier alpha value is -0.620. The van der Waals surface area contributed by atoms with Crippen molar-refractivity contribution in [3.63, 3.8) is 0 Å². The molecule has 0 aromatic carbocycles. The van der Waals surface area contributed by atoms with Crippen LogP contribution in [0.25, 0.3) is 0 Å². The third-order valence-electron chi connectivity index (χ3n) is 4.06. The third-order valence-corrected chi connectivity index (χ3v) is 4.97. The van der Waals surface area contributed by atoms with Gasteiger partial charge in [-0.3, -0.25) is 9.89 Å². The summed E-state index contributed by atoms with van der Waals surface area (Å²) < 4.78 is 37.8. The minimum absolute atomic E-state index is 0. The predicted octanol–water partition coefficient (Wildman–Crippen LogP) is 3.56. The zero-order valence-corrected chi connectivity index (χ0v) is 19.2. The topological polar surface area (TPSA) is 43.8 Å². The van der Waals surface area contributed by atoms with Crippen LogP contribution in [0.1, 0.15) is 31.5 Å². The largest absolute Gasteiger partial charge is 0.434 e. The molecule has 0 amide bonds. The fourth-order valence-corrected chi connectivity index (χ4v) is 3.69. The predicted molar refractivity (Wildman–Crippen MR) is 115 cm³/mol. The smallest absolute Gasteiger partial charge is 0.357 e. The molecule has 1 aliphatic heterocycles. The van der Waals surface area contributed by atoms with Crippen LogP contribution < -0.4 is 5.32 Å². The van der Waals surface area contributed by atoms with Crippen LogP contribution >= 0.6 is 35.3 Å². The maximum absolute atomic E-state index is 12.6. The minimum Gasteiger partial charge on any atom is -0.357 e. The van der Waals surface area contributed by atoms with Crippen molar-refractivity contribution in [2.75, 3.05) is 45.8 Å². The summed E-state index contributed by atoms with van der Waals surface area (Å²) in [6, 6.07) is 0. The molecule has 156 valence electrons. The van der Waals surface area contributed by atoms with Crippen molar-refractivity contribution in [2.45, 2.75) is 33.4 Å². The van der Waals surface area contributed by atoms with E-state index in [9.17, 15) is 13.2 Å².